The van der Waals surface area contributed by atoms with Gasteiger partial charge in [0.15, 0.2) is 0 Å². The van der Waals surface area contributed by atoms with Gasteiger partial charge in [-0.25, -0.2) is 4.68 Å². The average molecular weight is 357 g/mol. The lowest BCUT2D eigenvalue weighted by Crippen LogP contribution is -2.37. The zero-order valence-corrected chi connectivity index (χ0v) is 14.3. The van der Waals surface area contributed by atoms with Gasteiger partial charge in [0, 0.05) is 6.54 Å². The molecule has 124 valence electrons. The molecular formula is C15H18Cl2N4O2. The van der Waals surface area contributed by atoms with Crippen molar-refractivity contribution in [2.45, 2.75) is 32.9 Å². The maximum absolute atomic E-state index is 11.2. The second-order valence-electron chi connectivity index (χ2n) is 5.63. The molecule has 2 aromatic rings. The topological polar surface area (TPSA) is 80.0 Å². The lowest BCUT2D eigenvalue weighted by molar-refractivity contribution is -0.140. The van der Waals surface area contributed by atoms with E-state index in [0.717, 1.165) is 0 Å². The molecule has 0 spiro atoms. The summed E-state index contributed by atoms with van der Waals surface area (Å²) >= 11 is 12.1. The van der Waals surface area contributed by atoms with Crippen molar-refractivity contribution in [2.24, 2.45) is 5.92 Å². The molecule has 0 aliphatic rings. The molecule has 0 bridgehead atoms. The minimum atomic E-state index is -0.871. The lowest BCUT2D eigenvalue weighted by atomic mass is 10.0. The Bertz CT molecular complexity index is 688. The van der Waals surface area contributed by atoms with E-state index >= 15 is 0 Å². The molecule has 0 amide bonds. The monoisotopic (exact) mass is 356 g/mol. The summed E-state index contributed by atoms with van der Waals surface area (Å²) in [7, 11) is 0. The van der Waals surface area contributed by atoms with Crippen molar-refractivity contribution in [3.8, 4) is 5.69 Å². The van der Waals surface area contributed by atoms with E-state index in [1.807, 2.05) is 13.8 Å². The van der Waals surface area contributed by atoms with Crippen LogP contribution in [0, 0.1) is 5.92 Å². The number of carboxylic acid groups (broad SMARTS) is 1. The summed E-state index contributed by atoms with van der Waals surface area (Å²) < 4.78 is 1.52. The van der Waals surface area contributed by atoms with Gasteiger partial charge in [-0.2, -0.15) is 0 Å². The molecule has 1 aromatic carbocycles. The largest absolute Gasteiger partial charge is 0.480 e. The Morgan fingerprint density at radius 2 is 2.13 bits per heavy atom. The predicted octanol–water partition coefficient (Wildman–Crippen LogP) is 3.16. The average Bonchev–Trinajstić information content (AvgIpc) is 2.94. The fourth-order valence-electron chi connectivity index (χ4n) is 2.14. The summed E-state index contributed by atoms with van der Waals surface area (Å²) in [4.78, 5) is 11.2. The molecule has 1 atom stereocenters. The fraction of sp³-hybridized carbons (Fsp3) is 0.400. The summed E-state index contributed by atoms with van der Waals surface area (Å²) in [6, 6.07) is 4.62. The van der Waals surface area contributed by atoms with Crippen molar-refractivity contribution >= 4 is 29.2 Å². The summed E-state index contributed by atoms with van der Waals surface area (Å²) in [5.74, 6) is -0.589. The van der Waals surface area contributed by atoms with Crippen LogP contribution in [0.25, 0.3) is 5.69 Å². The van der Waals surface area contributed by atoms with E-state index in [1.165, 1.54) is 4.68 Å². The van der Waals surface area contributed by atoms with Crippen LogP contribution in [0.4, 0.5) is 0 Å². The Hall–Kier alpha value is -1.63. The molecule has 6 nitrogen and oxygen atoms in total. The number of aliphatic carboxylic acids is 1. The molecule has 0 saturated carbocycles. The summed E-state index contributed by atoms with van der Waals surface area (Å²) in [6.45, 7) is 4.27. The van der Waals surface area contributed by atoms with E-state index < -0.39 is 12.0 Å². The Morgan fingerprint density at radius 3 is 2.78 bits per heavy atom. The fourth-order valence-corrected chi connectivity index (χ4v) is 2.52. The third kappa shape index (κ3) is 4.67. The van der Waals surface area contributed by atoms with Crippen LogP contribution in [0.1, 0.15) is 26.0 Å². The molecule has 8 heteroatoms. The van der Waals surface area contributed by atoms with Crippen LogP contribution in [-0.2, 0) is 11.3 Å². The van der Waals surface area contributed by atoms with Gasteiger partial charge in [0.25, 0.3) is 0 Å². The molecule has 2 rings (SSSR count). The Morgan fingerprint density at radius 1 is 1.39 bits per heavy atom. The van der Waals surface area contributed by atoms with E-state index in [1.54, 1.807) is 24.4 Å². The normalized spacial score (nSPS) is 12.6. The highest BCUT2D eigenvalue weighted by molar-refractivity contribution is 6.43. The number of nitrogens with zero attached hydrogens (tertiary/aromatic N) is 3. The number of carboxylic acids is 1. The first kappa shape index (κ1) is 17.7. The quantitative estimate of drug-likeness (QED) is 0.796. The smallest absolute Gasteiger partial charge is 0.320 e. The van der Waals surface area contributed by atoms with Gasteiger partial charge in [-0.05, 0) is 24.5 Å². The molecule has 2 N–H and O–H groups in total. The van der Waals surface area contributed by atoms with E-state index in [9.17, 15) is 9.90 Å². The van der Waals surface area contributed by atoms with Crippen LogP contribution in [0.15, 0.2) is 24.4 Å². The maximum Gasteiger partial charge on any atom is 0.320 e. The van der Waals surface area contributed by atoms with E-state index in [4.69, 9.17) is 23.2 Å². The molecular weight excluding hydrogens is 339 g/mol. The van der Waals surface area contributed by atoms with Gasteiger partial charge >= 0.3 is 5.97 Å². The van der Waals surface area contributed by atoms with E-state index in [0.29, 0.717) is 34.4 Å². The summed E-state index contributed by atoms with van der Waals surface area (Å²) in [5.41, 5.74) is 1.24. The van der Waals surface area contributed by atoms with Gasteiger partial charge < -0.3 is 5.11 Å². The molecule has 1 aromatic heterocycles. The zero-order valence-electron chi connectivity index (χ0n) is 12.8. The van der Waals surface area contributed by atoms with Crippen molar-refractivity contribution in [3.63, 3.8) is 0 Å². The first-order valence-corrected chi connectivity index (χ1v) is 7.96. The lowest BCUT2D eigenvalue weighted by Gasteiger charge is -2.15. The predicted molar refractivity (Wildman–Crippen MR) is 89.1 cm³/mol. The molecule has 0 fully saturated rings. The highest BCUT2D eigenvalue weighted by Gasteiger charge is 2.18. The van der Waals surface area contributed by atoms with Crippen LogP contribution in [0.3, 0.4) is 0 Å². The van der Waals surface area contributed by atoms with Crippen molar-refractivity contribution in [1.29, 1.82) is 0 Å². The van der Waals surface area contributed by atoms with Gasteiger partial charge in [0.05, 0.1) is 27.6 Å². The van der Waals surface area contributed by atoms with Crippen LogP contribution in [0.5, 0.6) is 0 Å². The number of rotatable bonds is 7. The van der Waals surface area contributed by atoms with Crippen molar-refractivity contribution in [1.82, 2.24) is 20.3 Å². The first-order valence-electron chi connectivity index (χ1n) is 7.20. The molecule has 0 radical (unpaired) electrons. The minimum absolute atomic E-state index is 0.282. The number of nitrogens with one attached hydrogen (secondary N) is 1. The van der Waals surface area contributed by atoms with Crippen LogP contribution in [-0.4, -0.2) is 32.1 Å². The van der Waals surface area contributed by atoms with E-state index in [-0.39, 0.29) is 5.92 Å². The highest BCUT2D eigenvalue weighted by atomic mass is 35.5. The van der Waals surface area contributed by atoms with Crippen molar-refractivity contribution in [2.75, 3.05) is 0 Å². The number of aromatic nitrogens is 3. The summed E-state index contributed by atoms with van der Waals surface area (Å²) in [5, 5.41) is 21.1. The maximum atomic E-state index is 11.2. The third-order valence-corrected chi connectivity index (χ3v) is 4.06. The van der Waals surface area contributed by atoms with Gasteiger partial charge in [-0.3, -0.25) is 10.1 Å². The molecule has 23 heavy (non-hydrogen) atoms. The number of hydrogen-bond acceptors (Lipinski definition) is 4. The third-order valence-electron chi connectivity index (χ3n) is 3.25. The van der Waals surface area contributed by atoms with E-state index in [2.05, 4.69) is 15.6 Å². The minimum Gasteiger partial charge on any atom is -0.480 e. The SMILES string of the molecule is CC(C)C[C@@H](NCc1cn(-c2cccc(Cl)c2Cl)nn1)C(=O)O. The van der Waals surface area contributed by atoms with Crippen LogP contribution < -0.4 is 5.32 Å². The zero-order chi connectivity index (χ0) is 17.0. The molecule has 0 aliphatic carbocycles. The van der Waals surface area contributed by atoms with Crippen LogP contribution >= 0.6 is 23.2 Å². The molecule has 0 aliphatic heterocycles. The first-order chi connectivity index (χ1) is 10.9. The second kappa shape index (κ2) is 7.77. The standard InChI is InChI=1S/C15H18Cl2N4O2/c1-9(2)6-12(15(22)23)18-7-10-8-21(20-19-10)13-5-3-4-11(16)14(13)17/h3-5,8-9,12,18H,6-7H2,1-2H3,(H,22,23)/t12-/m1/s1. The Balaban J connectivity index is 2.07. The summed E-state index contributed by atoms with van der Waals surface area (Å²) in [6.07, 6.45) is 2.24. The Labute approximate surface area is 144 Å². The van der Waals surface area contributed by atoms with Crippen molar-refractivity contribution in [3.05, 3.63) is 40.1 Å². The highest BCUT2D eigenvalue weighted by Crippen LogP contribution is 2.27. The number of hydrogen-bond donors (Lipinski definition) is 2. The van der Waals surface area contributed by atoms with Crippen LogP contribution in [0.2, 0.25) is 10.0 Å². The second-order valence-corrected chi connectivity index (χ2v) is 6.41. The van der Waals surface area contributed by atoms with Gasteiger partial charge in [0.2, 0.25) is 0 Å². The van der Waals surface area contributed by atoms with Gasteiger partial charge in [-0.1, -0.05) is 48.3 Å². The van der Waals surface area contributed by atoms with Gasteiger partial charge in [0.1, 0.15) is 6.04 Å². The number of benzene rings is 1. The number of carbonyl (C=O) groups is 1. The molecule has 0 unspecified atom stereocenters. The van der Waals surface area contributed by atoms with Crippen molar-refractivity contribution < 1.29 is 9.90 Å². The van der Waals surface area contributed by atoms with Gasteiger partial charge in [-0.15, -0.1) is 5.10 Å². The molecule has 0 saturated heterocycles. The molecule has 1 heterocycles. The number of halogens is 2. The Kier molecular flexibility index (Phi) is 5.98.